The molecule has 1 aliphatic heterocycles. The quantitative estimate of drug-likeness (QED) is 0.258. The van der Waals surface area contributed by atoms with Crippen molar-refractivity contribution >= 4 is 28.8 Å². The second-order valence-electron chi connectivity index (χ2n) is 8.66. The lowest BCUT2D eigenvalue weighted by Gasteiger charge is -2.26. The van der Waals surface area contributed by atoms with Gasteiger partial charge in [-0.05, 0) is 61.0 Å². The zero-order chi connectivity index (χ0) is 26.9. The number of ether oxygens (including phenoxy) is 1. The minimum Gasteiger partial charge on any atom is -0.507 e. The van der Waals surface area contributed by atoms with E-state index in [0.717, 1.165) is 34.9 Å². The zero-order valence-electron chi connectivity index (χ0n) is 20.4. The van der Waals surface area contributed by atoms with Crippen LogP contribution in [0.5, 0.6) is 5.75 Å². The molecule has 1 unspecified atom stereocenters. The van der Waals surface area contributed by atoms with Crippen LogP contribution < -0.4 is 14.5 Å². The lowest BCUT2D eigenvalue weighted by atomic mass is 9.94. The third kappa shape index (κ3) is 5.02. The van der Waals surface area contributed by atoms with Gasteiger partial charge in [0.15, 0.2) is 0 Å². The summed E-state index contributed by atoms with van der Waals surface area (Å²) in [5.74, 6) is -1.84. The number of aliphatic hydroxyl groups excluding tert-OH is 1. The molecule has 6 nitrogen and oxygen atoms in total. The van der Waals surface area contributed by atoms with Crippen molar-refractivity contribution in [3.63, 3.8) is 0 Å². The third-order valence-electron chi connectivity index (χ3n) is 6.06. The van der Waals surface area contributed by atoms with Crippen LogP contribution in [0, 0.1) is 0 Å². The van der Waals surface area contributed by atoms with E-state index in [1.807, 2.05) is 19.0 Å². The number of ketones is 1. The molecule has 37 heavy (non-hydrogen) atoms. The molecule has 1 saturated heterocycles. The summed E-state index contributed by atoms with van der Waals surface area (Å²) < 4.78 is 44.9. The predicted octanol–water partition coefficient (Wildman–Crippen LogP) is 5.80. The number of carbonyl (C=O) groups is 2. The monoisotopic (exact) mass is 510 g/mol. The van der Waals surface area contributed by atoms with Gasteiger partial charge in [-0.2, -0.15) is 13.2 Å². The molecule has 1 fully saturated rings. The van der Waals surface area contributed by atoms with Gasteiger partial charge in [0.2, 0.25) is 0 Å². The van der Waals surface area contributed by atoms with Gasteiger partial charge >= 0.3 is 6.18 Å². The molecule has 1 heterocycles. The number of hydrogen-bond acceptors (Lipinski definition) is 5. The first-order chi connectivity index (χ1) is 17.5. The Morgan fingerprint density at radius 2 is 1.65 bits per heavy atom. The van der Waals surface area contributed by atoms with Gasteiger partial charge in [-0.25, -0.2) is 0 Å². The normalized spacial score (nSPS) is 17.2. The van der Waals surface area contributed by atoms with Crippen molar-refractivity contribution in [2.24, 2.45) is 0 Å². The van der Waals surface area contributed by atoms with Crippen molar-refractivity contribution in [2.75, 3.05) is 30.5 Å². The van der Waals surface area contributed by atoms with Crippen LogP contribution in [0.2, 0.25) is 0 Å². The van der Waals surface area contributed by atoms with Gasteiger partial charge in [-0.3, -0.25) is 14.5 Å². The Morgan fingerprint density at radius 1 is 1.00 bits per heavy atom. The summed E-state index contributed by atoms with van der Waals surface area (Å²) in [4.78, 5) is 29.5. The molecule has 3 aromatic carbocycles. The Labute approximate surface area is 212 Å². The maximum Gasteiger partial charge on any atom is 0.416 e. The van der Waals surface area contributed by atoms with E-state index < -0.39 is 35.2 Å². The number of nitrogens with zero attached hydrogens (tertiary/aromatic N) is 2. The minimum absolute atomic E-state index is 0.0962. The fourth-order valence-corrected chi connectivity index (χ4v) is 4.24. The lowest BCUT2D eigenvalue weighted by Crippen LogP contribution is -2.29. The minimum atomic E-state index is -4.56. The van der Waals surface area contributed by atoms with Gasteiger partial charge in [0.05, 0.1) is 23.8 Å². The van der Waals surface area contributed by atoms with Crippen LogP contribution in [0.25, 0.3) is 5.76 Å². The van der Waals surface area contributed by atoms with Gasteiger partial charge < -0.3 is 14.7 Å². The van der Waals surface area contributed by atoms with Crippen molar-refractivity contribution in [3.05, 3.63) is 95.1 Å². The number of rotatable bonds is 6. The van der Waals surface area contributed by atoms with Crippen LogP contribution in [0.1, 0.15) is 29.7 Å². The van der Waals surface area contributed by atoms with Crippen molar-refractivity contribution < 1.29 is 32.6 Å². The SMILES string of the molecule is CCOc1cccc(/C(O)=C2\C(=O)C(=O)N(c3ccc(C(F)(F)F)cc3)C2c2ccc(N(C)C)cc2)c1. The highest BCUT2D eigenvalue weighted by Crippen LogP contribution is 2.43. The van der Waals surface area contributed by atoms with Gasteiger partial charge in [0, 0.05) is 31.0 Å². The molecular formula is C28H25F3N2O4. The van der Waals surface area contributed by atoms with E-state index >= 15 is 0 Å². The largest absolute Gasteiger partial charge is 0.507 e. The van der Waals surface area contributed by atoms with Crippen LogP contribution in [0.15, 0.2) is 78.4 Å². The second-order valence-corrected chi connectivity index (χ2v) is 8.66. The average Bonchev–Trinajstić information content (AvgIpc) is 3.14. The highest BCUT2D eigenvalue weighted by atomic mass is 19.4. The molecule has 192 valence electrons. The predicted molar refractivity (Wildman–Crippen MR) is 135 cm³/mol. The summed E-state index contributed by atoms with van der Waals surface area (Å²) in [6, 6.07) is 16.4. The van der Waals surface area contributed by atoms with Gasteiger partial charge in [0.25, 0.3) is 11.7 Å². The zero-order valence-corrected chi connectivity index (χ0v) is 20.4. The Kier molecular flexibility index (Phi) is 6.98. The molecular weight excluding hydrogens is 485 g/mol. The van der Waals surface area contributed by atoms with Crippen LogP contribution in [-0.4, -0.2) is 37.5 Å². The van der Waals surface area contributed by atoms with Gasteiger partial charge in [-0.1, -0.05) is 24.3 Å². The molecule has 4 rings (SSSR count). The number of amides is 1. The van der Waals surface area contributed by atoms with E-state index in [1.165, 1.54) is 0 Å². The average molecular weight is 511 g/mol. The van der Waals surface area contributed by atoms with Crippen molar-refractivity contribution in [2.45, 2.75) is 19.1 Å². The molecule has 1 aliphatic rings. The summed E-state index contributed by atoms with van der Waals surface area (Å²) in [6.07, 6.45) is -4.56. The first-order valence-electron chi connectivity index (χ1n) is 11.5. The van der Waals surface area contributed by atoms with Gasteiger partial charge in [0.1, 0.15) is 11.5 Å². The molecule has 0 aromatic heterocycles. The van der Waals surface area contributed by atoms with Crippen LogP contribution in [-0.2, 0) is 15.8 Å². The van der Waals surface area contributed by atoms with E-state index in [9.17, 15) is 27.9 Å². The molecule has 0 spiro atoms. The van der Waals surface area contributed by atoms with Crippen molar-refractivity contribution in [1.82, 2.24) is 0 Å². The smallest absolute Gasteiger partial charge is 0.416 e. The number of hydrogen-bond donors (Lipinski definition) is 1. The Balaban J connectivity index is 1.89. The van der Waals surface area contributed by atoms with E-state index in [4.69, 9.17) is 4.74 Å². The molecule has 0 saturated carbocycles. The molecule has 0 bridgehead atoms. The van der Waals surface area contributed by atoms with E-state index in [1.54, 1.807) is 55.5 Å². The summed E-state index contributed by atoms with van der Waals surface area (Å²) in [5.41, 5.74) is 0.681. The summed E-state index contributed by atoms with van der Waals surface area (Å²) in [6.45, 7) is 2.19. The topological polar surface area (TPSA) is 70.1 Å². The number of Topliss-reactive ketones (excluding diaryl/α,β-unsaturated/α-hetero) is 1. The highest BCUT2D eigenvalue weighted by molar-refractivity contribution is 6.51. The molecule has 0 aliphatic carbocycles. The fourth-order valence-electron chi connectivity index (χ4n) is 4.24. The molecule has 1 N–H and O–H groups in total. The standard InChI is InChI=1S/C28H25F3N2O4/c1-4-37-22-7-5-6-18(16-22)25(34)23-24(17-8-12-20(13-9-17)32(2)3)33(27(36)26(23)35)21-14-10-19(11-15-21)28(29,30)31/h5-16,24,34H,4H2,1-3H3/b25-23+. The Morgan fingerprint density at radius 3 is 2.22 bits per heavy atom. The Bertz CT molecular complexity index is 1350. The molecule has 1 atom stereocenters. The number of carbonyl (C=O) groups excluding carboxylic acids is 2. The number of alkyl halides is 3. The van der Waals surface area contributed by atoms with E-state index in [0.29, 0.717) is 17.9 Å². The maximum absolute atomic E-state index is 13.3. The van der Waals surface area contributed by atoms with Crippen LogP contribution in [0.3, 0.4) is 0 Å². The first kappa shape index (κ1) is 25.8. The fraction of sp³-hybridized carbons (Fsp3) is 0.214. The molecule has 3 aromatic rings. The maximum atomic E-state index is 13.3. The number of halogens is 3. The highest BCUT2D eigenvalue weighted by Gasteiger charge is 2.47. The second kappa shape index (κ2) is 10.0. The van der Waals surface area contributed by atoms with Crippen molar-refractivity contribution in [1.29, 1.82) is 0 Å². The van der Waals surface area contributed by atoms with E-state index in [2.05, 4.69) is 0 Å². The van der Waals surface area contributed by atoms with Crippen LogP contribution >= 0.6 is 0 Å². The lowest BCUT2D eigenvalue weighted by molar-refractivity contribution is -0.137. The number of anilines is 2. The molecule has 9 heteroatoms. The van der Waals surface area contributed by atoms with Crippen molar-refractivity contribution in [3.8, 4) is 5.75 Å². The summed E-state index contributed by atoms with van der Waals surface area (Å²) in [7, 11) is 3.71. The van der Waals surface area contributed by atoms with Crippen LogP contribution in [0.4, 0.5) is 24.5 Å². The molecule has 1 amide bonds. The number of aliphatic hydroxyl groups is 1. The molecule has 0 radical (unpaired) electrons. The number of benzene rings is 3. The van der Waals surface area contributed by atoms with Gasteiger partial charge in [-0.15, -0.1) is 0 Å². The third-order valence-corrected chi connectivity index (χ3v) is 6.06. The summed E-state index contributed by atoms with van der Waals surface area (Å²) >= 11 is 0. The summed E-state index contributed by atoms with van der Waals surface area (Å²) in [5, 5.41) is 11.3. The van der Waals surface area contributed by atoms with E-state index in [-0.39, 0.29) is 16.8 Å². The Hall–Kier alpha value is -4.27. The first-order valence-corrected chi connectivity index (χ1v) is 11.5.